The zero-order valence-corrected chi connectivity index (χ0v) is 13.7. The standard InChI is InChI=1S/C18H17ClN2O2/c1-22-16-7-3-13(4-8-16)18-11-14(12-19)20-21(18)15-5-9-17(23-2)10-6-15/h3-11H,12H2,1-2H3. The first-order chi connectivity index (χ1) is 11.2. The number of benzene rings is 2. The normalized spacial score (nSPS) is 10.6. The predicted molar refractivity (Wildman–Crippen MR) is 91.7 cm³/mol. The fourth-order valence-corrected chi connectivity index (χ4v) is 2.51. The Balaban J connectivity index is 2.06. The summed E-state index contributed by atoms with van der Waals surface area (Å²) in [5.41, 5.74) is 3.81. The van der Waals surface area contributed by atoms with E-state index in [1.54, 1.807) is 14.2 Å². The molecule has 5 heteroatoms. The van der Waals surface area contributed by atoms with Gasteiger partial charge >= 0.3 is 0 Å². The molecule has 1 heterocycles. The highest BCUT2D eigenvalue weighted by atomic mass is 35.5. The largest absolute Gasteiger partial charge is 0.497 e. The molecule has 23 heavy (non-hydrogen) atoms. The molecule has 0 spiro atoms. The van der Waals surface area contributed by atoms with Crippen LogP contribution in [0, 0.1) is 0 Å². The van der Waals surface area contributed by atoms with Crippen LogP contribution in [0.5, 0.6) is 11.5 Å². The molecule has 2 aromatic carbocycles. The van der Waals surface area contributed by atoms with E-state index in [1.165, 1.54) is 0 Å². The summed E-state index contributed by atoms with van der Waals surface area (Å²) in [5, 5.41) is 4.59. The molecule has 0 radical (unpaired) electrons. The topological polar surface area (TPSA) is 36.3 Å². The van der Waals surface area contributed by atoms with Crippen molar-refractivity contribution in [1.29, 1.82) is 0 Å². The third-order valence-corrected chi connectivity index (χ3v) is 3.87. The van der Waals surface area contributed by atoms with E-state index in [0.717, 1.165) is 34.1 Å². The second kappa shape index (κ2) is 6.75. The number of nitrogens with zero attached hydrogens (tertiary/aromatic N) is 2. The van der Waals surface area contributed by atoms with E-state index < -0.39 is 0 Å². The van der Waals surface area contributed by atoms with Crippen molar-refractivity contribution in [2.24, 2.45) is 0 Å². The molecule has 0 saturated carbocycles. The minimum atomic E-state index is 0.367. The highest BCUT2D eigenvalue weighted by Crippen LogP contribution is 2.27. The third kappa shape index (κ3) is 3.17. The van der Waals surface area contributed by atoms with Crippen molar-refractivity contribution in [3.63, 3.8) is 0 Å². The zero-order valence-electron chi connectivity index (χ0n) is 13.0. The Hall–Kier alpha value is -2.46. The minimum absolute atomic E-state index is 0.367. The molecule has 0 aliphatic rings. The van der Waals surface area contributed by atoms with Crippen molar-refractivity contribution in [3.05, 3.63) is 60.3 Å². The Labute approximate surface area is 140 Å². The number of halogens is 1. The van der Waals surface area contributed by atoms with Crippen molar-refractivity contribution < 1.29 is 9.47 Å². The van der Waals surface area contributed by atoms with Gasteiger partial charge in [0.15, 0.2) is 0 Å². The summed E-state index contributed by atoms with van der Waals surface area (Å²) in [6.07, 6.45) is 0. The number of ether oxygens (including phenoxy) is 2. The summed E-state index contributed by atoms with van der Waals surface area (Å²) in [6.45, 7) is 0. The van der Waals surface area contributed by atoms with E-state index in [9.17, 15) is 0 Å². The smallest absolute Gasteiger partial charge is 0.119 e. The Kier molecular flexibility index (Phi) is 4.53. The fraction of sp³-hybridized carbons (Fsp3) is 0.167. The molecule has 0 fully saturated rings. The molecule has 0 saturated heterocycles. The lowest BCUT2D eigenvalue weighted by molar-refractivity contribution is 0.414. The molecular weight excluding hydrogens is 312 g/mol. The van der Waals surface area contributed by atoms with Crippen LogP contribution in [0.3, 0.4) is 0 Å². The Morgan fingerprint density at radius 3 is 2.00 bits per heavy atom. The molecular formula is C18H17ClN2O2. The van der Waals surface area contributed by atoms with Crippen molar-refractivity contribution in [1.82, 2.24) is 9.78 Å². The van der Waals surface area contributed by atoms with E-state index in [4.69, 9.17) is 21.1 Å². The van der Waals surface area contributed by atoms with Gasteiger partial charge in [0.05, 0.1) is 37.2 Å². The van der Waals surface area contributed by atoms with Gasteiger partial charge in [-0.25, -0.2) is 4.68 Å². The van der Waals surface area contributed by atoms with E-state index in [1.807, 2.05) is 59.3 Å². The predicted octanol–water partition coefficient (Wildman–Crippen LogP) is 4.30. The average molecular weight is 329 g/mol. The van der Waals surface area contributed by atoms with Crippen LogP contribution in [0.2, 0.25) is 0 Å². The molecule has 0 atom stereocenters. The highest BCUT2D eigenvalue weighted by molar-refractivity contribution is 6.16. The summed E-state index contributed by atoms with van der Waals surface area (Å²) in [7, 11) is 3.31. The Morgan fingerprint density at radius 2 is 1.48 bits per heavy atom. The number of hydrogen-bond donors (Lipinski definition) is 0. The molecule has 0 amide bonds. The van der Waals surface area contributed by atoms with Gasteiger partial charge in [-0.3, -0.25) is 0 Å². The second-order valence-corrected chi connectivity index (χ2v) is 5.26. The summed E-state index contributed by atoms with van der Waals surface area (Å²) >= 11 is 5.97. The lowest BCUT2D eigenvalue weighted by Gasteiger charge is -2.09. The van der Waals surface area contributed by atoms with Crippen LogP contribution in [0.25, 0.3) is 16.9 Å². The molecule has 3 aromatic rings. The van der Waals surface area contributed by atoms with Gasteiger partial charge in [0.25, 0.3) is 0 Å². The maximum Gasteiger partial charge on any atom is 0.119 e. The van der Waals surface area contributed by atoms with Crippen LogP contribution in [-0.2, 0) is 5.88 Å². The molecule has 0 N–H and O–H groups in total. The maximum absolute atomic E-state index is 5.97. The first-order valence-electron chi connectivity index (χ1n) is 7.19. The van der Waals surface area contributed by atoms with E-state index >= 15 is 0 Å². The number of rotatable bonds is 5. The third-order valence-electron chi connectivity index (χ3n) is 3.60. The molecule has 0 bridgehead atoms. The lowest BCUT2D eigenvalue weighted by atomic mass is 10.1. The molecule has 4 nitrogen and oxygen atoms in total. The van der Waals surface area contributed by atoms with Crippen LogP contribution >= 0.6 is 11.6 Å². The molecule has 1 aromatic heterocycles. The molecule has 118 valence electrons. The van der Waals surface area contributed by atoms with Crippen LogP contribution in [0.1, 0.15) is 5.69 Å². The summed E-state index contributed by atoms with van der Waals surface area (Å²) < 4.78 is 12.3. The summed E-state index contributed by atoms with van der Waals surface area (Å²) in [4.78, 5) is 0. The van der Waals surface area contributed by atoms with Gasteiger partial charge in [0, 0.05) is 5.56 Å². The van der Waals surface area contributed by atoms with Crippen molar-refractivity contribution in [2.75, 3.05) is 14.2 Å². The maximum atomic E-state index is 5.97. The molecule has 0 aliphatic carbocycles. The molecule has 0 aliphatic heterocycles. The number of aromatic nitrogens is 2. The van der Waals surface area contributed by atoms with Crippen LogP contribution in [0.15, 0.2) is 54.6 Å². The summed E-state index contributed by atoms with van der Waals surface area (Å²) in [6, 6.07) is 17.6. The fourth-order valence-electron chi connectivity index (χ4n) is 2.38. The van der Waals surface area contributed by atoms with Crippen LogP contribution in [0.4, 0.5) is 0 Å². The van der Waals surface area contributed by atoms with Gasteiger partial charge in [0.1, 0.15) is 11.5 Å². The number of hydrogen-bond acceptors (Lipinski definition) is 3. The SMILES string of the molecule is COc1ccc(-c2cc(CCl)nn2-c2ccc(OC)cc2)cc1. The highest BCUT2D eigenvalue weighted by Gasteiger charge is 2.11. The van der Waals surface area contributed by atoms with Crippen molar-refractivity contribution >= 4 is 11.6 Å². The van der Waals surface area contributed by atoms with Gasteiger partial charge in [0.2, 0.25) is 0 Å². The van der Waals surface area contributed by atoms with E-state index in [-0.39, 0.29) is 0 Å². The number of alkyl halides is 1. The monoisotopic (exact) mass is 328 g/mol. The number of methoxy groups -OCH3 is 2. The van der Waals surface area contributed by atoms with Gasteiger partial charge in [-0.1, -0.05) is 0 Å². The van der Waals surface area contributed by atoms with Crippen molar-refractivity contribution in [2.45, 2.75) is 5.88 Å². The van der Waals surface area contributed by atoms with Crippen LogP contribution in [-0.4, -0.2) is 24.0 Å². The zero-order chi connectivity index (χ0) is 16.2. The van der Waals surface area contributed by atoms with E-state index in [2.05, 4.69) is 5.10 Å². The van der Waals surface area contributed by atoms with Crippen LogP contribution < -0.4 is 9.47 Å². The Morgan fingerprint density at radius 1 is 0.913 bits per heavy atom. The first-order valence-corrected chi connectivity index (χ1v) is 7.72. The average Bonchev–Trinajstić information content (AvgIpc) is 3.06. The lowest BCUT2D eigenvalue weighted by Crippen LogP contribution is -1.99. The van der Waals surface area contributed by atoms with Gasteiger partial charge < -0.3 is 9.47 Å². The second-order valence-electron chi connectivity index (χ2n) is 4.99. The first kappa shape index (κ1) is 15.4. The van der Waals surface area contributed by atoms with E-state index in [0.29, 0.717) is 5.88 Å². The van der Waals surface area contributed by atoms with Gasteiger partial charge in [-0.2, -0.15) is 5.10 Å². The van der Waals surface area contributed by atoms with Gasteiger partial charge in [-0.05, 0) is 54.6 Å². The Bertz CT molecular complexity index is 715. The van der Waals surface area contributed by atoms with Crippen molar-refractivity contribution in [3.8, 4) is 28.4 Å². The molecule has 3 rings (SSSR count). The summed E-state index contributed by atoms with van der Waals surface area (Å²) in [5.74, 6) is 2.00. The minimum Gasteiger partial charge on any atom is -0.497 e. The quantitative estimate of drug-likeness (QED) is 0.655. The molecule has 0 unspecified atom stereocenters. The van der Waals surface area contributed by atoms with Gasteiger partial charge in [-0.15, -0.1) is 11.6 Å².